The summed E-state index contributed by atoms with van der Waals surface area (Å²) < 4.78 is 0. The summed E-state index contributed by atoms with van der Waals surface area (Å²) in [6, 6.07) is 10.5. The lowest BCUT2D eigenvalue weighted by atomic mass is 9.83. The summed E-state index contributed by atoms with van der Waals surface area (Å²) in [5, 5.41) is 0.752. The zero-order valence-corrected chi connectivity index (χ0v) is 11.2. The first-order valence-corrected chi connectivity index (χ1v) is 6.75. The molecule has 2 nitrogen and oxygen atoms in total. The Morgan fingerprint density at radius 2 is 1.83 bits per heavy atom. The zero-order valence-electron chi connectivity index (χ0n) is 9.74. The van der Waals surface area contributed by atoms with Crippen LogP contribution in [0.2, 0.25) is 10.4 Å². The number of halogens is 2. The van der Waals surface area contributed by atoms with E-state index in [1.165, 1.54) is 5.56 Å². The molecular formula is C14H12Cl2N2. The van der Waals surface area contributed by atoms with Crippen molar-refractivity contribution in [3.63, 3.8) is 0 Å². The van der Waals surface area contributed by atoms with Gasteiger partial charge in [0.1, 0.15) is 5.15 Å². The topological polar surface area (TPSA) is 25.8 Å². The van der Waals surface area contributed by atoms with Gasteiger partial charge in [0, 0.05) is 5.56 Å². The largest absolute Gasteiger partial charge is 0.224 e. The molecule has 0 bridgehead atoms. The molecule has 4 heteroatoms. The van der Waals surface area contributed by atoms with Gasteiger partial charge in [0.15, 0.2) is 0 Å². The molecule has 0 saturated heterocycles. The third-order valence-electron chi connectivity index (χ3n) is 3.47. The molecule has 0 spiro atoms. The molecule has 0 fully saturated rings. The highest BCUT2D eigenvalue weighted by molar-refractivity contribution is 6.32. The summed E-state index contributed by atoms with van der Waals surface area (Å²) in [5.74, 6) is 0.501. The number of fused-ring (bicyclic) bond motifs is 1. The van der Waals surface area contributed by atoms with E-state index in [0.717, 1.165) is 30.5 Å². The van der Waals surface area contributed by atoms with Crippen LogP contribution in [0, 0.1) is 0 Å². The van der Waals surface area contributed by atoms with Crippen molar-refractivity contribution < 1.29 is 0 Å². The number of hydrogen-bond acceptors (Lipinski definition) is 2. The van der Waals surface area contributed by atoms with Crippen molar-refractivity contribution in [2.45, 2.75) is 25.2 Å². The fourth-order valence-corrected chi connectivity index (χ4v) is 3.05. The highest BCUT2D eigenvalue weighted by Crippen LogP contribution is 2.34. The van der Waals surface area contributed by atoms with E-state index in [9.17, 15) is 0 Å². The van der Waals surface area contributed by atoms with Gasteiger partial charge in [-0.05, 0) is 42.3 Å². The lowest BCUT2D eigenvalue weighted by Crippen LogP contribution is -2.15. The van der Waals surface area contributed by atoms with E-state index in [0.29, 0.717) is 11.1 Å². The Balaban J connectivity index is 1.94. The van der Waals surface area contributed by atoms with Crippen molar-refractivity contribution in [1.82, 2.24) is 9.97 Å². The van der Waals surface area contributed by atoms with E-state index >= 15 is 0 Å². The minimum Gasteiger partial charge on any atom is -0.223 e. The number of nitrogens with zero attached hydrogens (tertiary/aromatic N) is 2. The Labute approximate surface area is 116 Å². The standard InChI is InChI=1S/C14H12Cl2N2/c15-13-11-8-10(9-4-2-1-3-5-9)6-7-12(11)17-14(16)18-13/h1-5,10H,6-8H2. The second-order valence-corrected chi connectivity index (χ2v) is 5.26. The van der Waals surface area contributed by atoms with E-state index in [2.05, 4.69) is 34.2 Å². The van der Waals surface area contributed by atoms with Gasteiger partial charge in [0.05, 0.1) is 5.69 Å². The molecule has 92 valence electrons. The van der Waals surface area contributed by atoms with Crippen LogP contribution in [0.4, 0.5) is 0 Å². The molecule has 1 aromatic carbocycles. The van der Waals surface area contributed by atoms with Crippen molar-refractivity contribution in [2.75, 3.05) is 0 Å². The van der Waals surface area contributed by atoms with Gasteiger partial charge in [-0.1, -0.05) is 41.9 Å². The van der Waals surface area contributed by atoms with Gasteiger partial charge < -0.3 is 0 Å². The van der Waals surface area contributed by atoms with Crippen LogP contribution in [0.5, 0.6) is 0 Å². The average Bonchev–Trinajstić information content (AvgIpc) is 2.39. The highest BCUT2D eigenvalue weighted by atomic mass is 35.5. The Morgan fingerprint density at radius 3 is 2.61 bits per heavy atom. The molecule has 1 aliphatic rings. The first-order valence-electron chi connectivity index (χ1n) is 6.00. The average molecular weight is 279 g/mol. The maximum atomic E-state index is 6.16. The second kappa shape index (κ2) is 4.87. The van der Waals surface area contributed by atoms with E-state index < -0.39 is 0 Å². The molecule has 1 atom stereocenters. The lowest BCUT2D eigenvalue weighted by molar-refractivity contribution is 0.571. The van der Waals surface area contributed by atoms with Gasteiger partial charge >= 0.3 is 0 Å². The molecule has 0 radical (unpaired) electrons. The maximum absolute atomic E-state index is 6.16. The first kappa shape index (κ1) is 11.9. The van der Waals surface area contributed by atoms with Gasteiger partial charge in [-0.15, -0.1) is 0 Å². The predicted molar refractivity (Wildman–Crippen MR) is 73.3 cm³/mol. The van der Waals surface area contributed by atoms with E-state index in [1.54, 1.807) is 0 Å². The SMILES string of the molecule is Clc1nc(Cl)c2c(n1)CCC(c1ccccc1)C2. The maximum Gasteiger partial charge on any atom is 0.224 e. The van der Waals surface area contributed by atoms with Gasteiger partial charge in [-0.25, -0.2) is 9.97 Å². The lowest BCUT2D eigenvalue weighted by Gasteiger charge is -2.24. The summed E-state index contributed by atoms with van der Waals surface area (Å²) in [4.78, 5) is 8.31. The number of benzene rings is 1. The Hall–Kier alpha value is -1.12. The van der Waals surface area contributed by atoms with Gasteiger partial charge in [-0.3, -0.25) is 0 Å². The number of aryl methyl sites for hydroxylation is 1. The summed E-state index contributed by atoms with van der Waals surface area (Å²) in [6.07, 6.45) is 2.90. The second-order valence-electron chi connectivity index (χ2n) is 4.56. The molecule has 2 aromatic rings. The van der Waals surface area contributed by atoms with Crippen LogP contribution in [0.15, 0.2) is 30.3 Å². The van der Waals surface area contributed by atoms with Crippen molar-refractivity contribution in [3.8, 4) is 0 Å². The molecule has 1 aliphatic carbocycles. The third kappa shape index (κ3) is 2.23. The van der Waals surface area contributed by atoms with Crippen LogP contribution in [0.25, 0.3) is 0 Å². The van der Waals surface area contributed by atoms with Crippen LogP contribution in [0.1, 0.15) is 29.2 Å². The normalized spacial score (nSPS) is 18.4. The summed E-state index contributed by atoms with van der Waals surface area (Å²) in [5.41, 5.74) is 3.42. The summed E-state index contributed by atoms with van der Waals surface area (Å²) in [6.45, 7) is 0. The monoisotopic (exact) mass is 278 g/mol. The van der Waals surface area contributed by atoms with Crippen molar-refractivity contribution >= 4 is 23.2 Å². The predicted octanol–water partition coefficient (Wildman–Crippen LogP) is 4.06. The van der Waals surface area contributed by atoms with Crippen LogP contribution in [0.3, 0.4) is 0 Å². The van der Waals surface area contributed by atoms with Crippen LogP contribution in [-0.2, 0) is 12.8 Å². The Kier molecular flexibility index (Phi) is 3.23. The minimum absolute atomic E-state index is 0.247. The molecule has 0 aliphatic heterocycles. The van der Waals surface area contributed by atoms with Gasteiger partial charge in [0.25, 0.3) is 0 Å². The first-order chi connectivity index (χ1) is 8.74. The van der Waals surface area contributed by atoms with E-state index in [1.807, 2.05) is 6.07 Å². The quantitative estimate of drug-likeness (QED) is 0.581. The highest BCUT2D eigenvalue weighted by Gasteiger charge is 2.24. The Morgan fingerprint density at radius 1 is 1.06 bits per heavy atom. The molecule has 0 saturated carbocycles. The molecule has 18 heavy (non-hydrogen) atoms. The number of aromatic nitrogens is 2. The summed E-state index contributed by atoms with van der Waals surface area (Å²) >= 11 is 12.0. The van der Waals surface area contributed by atoms with Crippen LogP contribution >= 0.6 is 23.2 Å². The molecular weight excluding hydrogens is 267 g/mol. The zero-order chi connectivity index (χ0) is 12.5. The molecule has 1 aromatic heterocycles. The van der Waals surface area contributed by atoms with Crippen molar-refractivity contribution in [1.29, 1.82) is 0 Å². The van der Waals surface area contributed by atoms with E-state index in [-0.39, 0.29) is 5.28 Å². The fraction of sp³-hybridized carbons (Fsp3) is 0.286. The third-order valence-corrected chi connectivity index (χ3v) is 3.95. The smallest absolute Gasteiger partial charge is 0.223 e. The molecule has 3 rings (SSSR count). The minimum atomic E-state index is 0.247. The fourth-order valence-electron chi connectivity index (χ4n) is 2.55. The van der Waals surface area contributed by atoms with Crippen molar-refractivity contribution in [3.05, 3.63) is 57.6 Å². The number of hydrogen-bond donors (Lipinski definition) is 0. The molecule has 0 amide bonds. The van der Waals surface area contributed by atoms with Gasteiger partial charge in [-0.2, -0.15) is 0 Å². The van der Waals surface area contributed by atoms with Gasteiger partial charge in [0.2, 0.25) is 5.28 Å². The van der Waals surface area contributed by atoms with E-state index in [4.69, 9.17) is 23.2 Å². The van der Waals surface area contributed by atoms with Crippen molar-refractivity contribution in [2.24, 2.45) is 0 Å². The number of rotatable bonds is 1. The molecule has 0 N–H and O–H groups in total. The van der Waals surface area contributed by atoms with Crippen LogP contribution in [-0.4, -0.2) is 9.97 Å². The Bertz CT molecular complexity index is 570. The molecule has 1 unspecified atom stereocenters. The summed E-state index contributed by atoms with van der Waals surface area (Å²) in [7, 11) is 0. The molecule has 1 heterocycles. The van der Waals surface area contributed by atoms with Crippen LogP contribution < -0.4 is 0 Å².